The normalized spacial score (nSPS) is 15.8. The summed E-state index contributed by atoms with van der Waals surface area (Å²) in [6.45, 7) is 0. The number of amides is 1. The molecule has 1 unspecified atom stereocenters. The van der Waals surface area contributed by atoms with E-state index in [2.05, 4.69) is 10.4 Å². The van der Waals surface area contributed by atoms with Gasteiger partial charge < -0.3 is 10.1 Å². The fraction of sp³-hybridized carbons (Fsp3) is 0.158. The summed E-state index contributed by atoms with van der Waals surface area (Å²) in [6.07, 6.45) is 4.49. The number of hydrogen-bond acceptors (Lipinski definition) is 4. The number of aromatic nitrogens is 2. The van der Waals surface area contributed by atoms with Crippen LogP contribution in [0.5, 0.6) is 0 Å². The van der Waals surface area contributed by atoms with Crippen molar-refractivity contribution in [2.24, 2.45) is 7.05 Å². The van der Waals surface area contributed by atoms with Crippen LogP contribution in [0.1, 0.15) is 27.9 Å². The Morgan fingerprint density at radius 1 is 1.35 bits per heavy atom. The molecule has 0 bridgehead atoms. The average molecular weight is 386 g/mol. The average Bonchev–Trinajstić information content (AvgIpc) is 3.36. The highest BCUT2D eigenvalue weighted by Crippen LogP contribution is 2.33. The van der Waals surface area contributed by atoms with Gasteiger partial charge in [-0.3, -0.25) is 9.48 Å². The first-order valence-electron chi connectivity index (χ1n) is 8.12. The van der Waals surface area contributed by atoms with E-state index >= 15 is 0 Å². The van der Waals surface area contributed by atoms with E-state index in [1.165, 1.54) is 11.3 Å². The van der Waals surface area contributed by atoms with Crippen LogP contribution in [0.3, 0.4) is 0 Å². The number of nitrogens with one attached hydrogen (secondary N) is 1. The van der Waals surface area contributed by atoms with Crippen LogP contribution in [-0.2, 0) is 11.8 Å². The van der Waals surface area contributed by atoms with Crippen molar-refractivity contribution in [1.29, 1.82) is 0 Å². The molecule has 4 rings (SSSR count). The Morgan fingerprint density at radius 2 is 2.19 bits per heavy atom. The molecule has 132 valence electrons. The van der Waals surface area contributed by atoms with Gasteiger partial charge in [-0.05, 0) is 36.4 Å². The molecule has 1 aliphatic rings. The molecule has 1 N–H and O–H groups in total. The van der Waals surface area contributed by atoms with Crippen LogP contribution in [0.25, 0.3) is 10.6 Å². The highest BCUT2D eigenvalue weighted by atomic mass is 35.5. The molecule has 0 radical (unpaired) electrons. The third kappa shape index (κ3) is 3.25. The van der Waals surface area contributed by atoms with Crippen molar-refractivity contribution in [3.05, 3.63) is 70.4 Å². The number of rotatable bonds is 4. The second-order valence-corrected chi connectivity index (χ2v) is 7.40. The van der Waals surface area contributed by atoms with E-state index in [-0.39, 0.29) is 12.0 Å². The molecule has 1 atom stereocenters. The smallest absolute Gasteiger partial charge is 0.265 e. The van der Waals surface area contributed by atoms with Gasteiger partial charge in [-0.15, -0.1) is 11.3 Å². The summed E-state index contributed by atoms with van der Waals surface area (Å²) in [7, 11) is 1.89. The quantitative estimate of drug-likeness (QED) is 0.685. The fourth-order valence-corrected chi connectivity index (χ4v) is 3.93. The summed E-state index contributed by atoms with van der Waals surface area (Å²) >= 11 is 7.52. The number of benzene rings is 1. The van der Waals surface area contributed by atoms with Gasteiger partial charge in [0.25, 0.3) is 5.91 Å². The predicted octanol–water partition coefficient (Wildman–Crippen LogP) is 5.03. The van der Waals surface area contributed by atoms with Gasteiger partial charge in [0.15, 0.2) is 0 Å². The number of nitrogens with zero attached hydrogens (tertiary/aromatic N) is 2. The fourth-order valence-electron chi connectivity index (χ4n) is 2.80. The third-order valence-electron chi connectivity index (χ3n) is 4.12. The first-order chi connectivity index (χ1) is 12.6. The lowest BCUT2D eigenvalue weighted by atomic mass is 10.2. The maximum atomic E-state index is 12.5. The summed E-state index contributed by atoms with van der Waals surface area (Å²) in [5, 5.41) is 7.90. The summed E-state index contributed by atoms with van der Waals surface area (Å²) < 4.78 is 7.35. The van der Waals surface area contributed by atoms with E-state index in [9.17, 15) is 4.79 Å². The highest BCUT2D eigenvalue weighted by Gasteiger charge is 2.20. The molecule has 1 amide bonds. The molecule has 26 heavy (non-hydrogen) atoms. The Bertz CT molecular complexity index is 984. The van der Waals surface area contributed by atoms with Gasteiger partial charge in [-0.25, -0.2) is 0 Å². The lowest BCUT2D eigenvalue weighted by Gasteiger charge is -2.05. The van der Waals surface area contributed by atoms with Crippen molar-refractivity contribution in [2.75, 3.05) is 5.32 Å². The number of thiophene rings is 1. The Hall–Kier alpha value is -2.57. The van der Waals surface area contributed by atoms with Crippen LogP contribution in [0.2, 0.25) is 5.02 Å². The van der Waals surface area contributed by atoms with Gasteiger partial charge >= 0.3 is 0 Å². The number of carbonyl (C=O) groups is 1. The first kappa shape index (κ1) is 16.9. The first-order valence-corrected chi connectivity index (χ1v) is 9.32. The number of carbonyl (C=O) groups excluding carboxylic acids is 1. The Morgan fingerprint density at radius 3 is 2.96 bits per heavy atom. The minimum atomic E-state index is -0.180. The van der Waals surface area contributed by atoms with Crippen molar-refractivity contribution in [3.8, 4) is 10.6 Å². The monoisotopic (exact) mass is 385 g/mol. The second kappa shape index (κ2) is 6.97. The molecular weight excluding hydrogens is 370 g/mol. The zero-order chi connectivity index (χ0) is 18.1. The lowest BCUT2D eigenvalue weighted by Crippen LogP contribution is -2.10. The van der Waals surface area contributed by atoms with Gasteiger partial charge in [0.05, 0.1) is 32.4 Å². The molecule has 0 saturated carbocycles. The van der Waals surface area contributed by atoms with E-state index < -0.39 is 0 Å². The third-order valence-corrected chi connectivity index (χ3v) is 5.56. The molecule has 0 saturated heterocycles. The largest absolute Gasteiger partial charge is 0.492 e. The number of halogens is 1. The summed E-state index contributed by atoms with van der Waals surface area (Å²) in [5.74, 6) is -0.180. The number of anilines is 1. The molecule has 0 aliphatic carbocycles. The zero-order valence-corrected chi connectivity index (χ0v) is 15.6. The van der Waals surface area contributed by atoms with E-state index in [0.717, 1.165) is 22.7 Å². The number of para-hydroxylation sites is 1. The number of hydrogen-bond donors (Lipinski definition) is 1. The van der Waals surface area contributed by atoms with E-state index in [0.29, 0.717) is 15.6 Å². The van der Waals surface area contributed by atoms with Crippen molar-refractivity contribution >= 4 is 34.5 Å². The van der Waals surface area contributed by atoms with Crippen molar-refractivity contribution in [3.63, 3.8) is 0 Å². The van der Waals surface area contributed by atoms with Crippen LogP contribution < -0.4 is 5.32 Å². The van der Waals surface area contributed by atoms with E-state index in [1.54, 1.807) is 18.4 Å². The molecule has 0 spiro atoms. The van der Waals surface area contributed by atoms with Gasteiger partial charge in [-0.1, -0.05) is 23.7 Å². The molecule has 7 heteroatoms. The molecular formula is C19H16ClN3O2S. The number of ether oxygens (including phenoxy) is 1. The van der Waals surface area contributed by atoms with E-state index in [4.69, 9.17) is 16.3 Å². The molecule has 0 fully saturated rings. The predicted molar refractivity (Wildman–Crippen MR) is 104 cm³/mol. The second-order valence-electron chi connectivity index (χ2n) is 5.91. The molecule has 1 aromatic carbocycles. The number of aryl methyl sites for hydroxylation is 1. The summed E-state index contributed by atoms with van der Waals surface area (Å²) in [4.78, 5) is 14.1. The van der Waals surface area contributed by atoms with Crippen LogP contribution in [0, 0.1) is 0 Å². The molecule has 3 aromatic rings. The maximum Gasteiger partial charge on any atom is 0.265 e. The minimum Gasteiger partial charge on any atom is -0.492 e. The van der Waals surface area contributed by atoms with Crippen molar-refractivity contribution < 1.29 is 9.53 Å². The zero-order valence-electron chi connectivity index (χ0n) is 14.0. The molecule has 5 nitrogen and oxygen atoms in total. The Labute approximate surface area is 159 Å². The maximum absolute atomic E-state index is 12.5. The molecule has 3 heterocycles. The van der Waals surface area contributed by atoms with Crippen molar-refractivity contribution in [2.45, 2.75) is 12.5 Å². The lowest BCUT2D eigenvalue weighted by molar-refractivity contribution is 0.103. The minimum absolute atomic E-state index is 0.0297. The Kier molecular flexibility index (Phi) is 4.53. The SMILES string of the molecule is Cn1nc(C2CC=CO2)cc1-c1ccc(C(=O)Nc2ccccc2Cl)s1. The van der Waals surface area contributed by atoms with Crippen LogP contribution in [0.4, 0.5) is 5.69 Å². The van der Waals surface area contributed by atoms with Crippen molar-refractivity contribution in [1.82, 2.24) is 9.78 Å². The van der Waals surface area contributed by atoms with E-state index in [1.807, 2.05) is 48.1 Å². The van der Waals surface area contributed by atoms with Gasteiger partial charge in [0.1, 0.15) is 11.8 Å². The molecule has 2 aromatic heterocycles. The summed E-state index contributed by atoms with van der Waals surface area (Å²) in [5.41, 5.74) is 2.45. The molecule has 1 aliphatic heterocycles. The van der Waals surface area contributed by atoms with Crippen LogP contribution >= 0.6 is 22.9 Å². The van der Waals surface area contributed by atoms with Gasteiger partial charge in [0, 0.05) is 13.5 Å². The summed E-state index contributed by atoms with van der Waals surface area (Å²) in [6, 6.07) is 12.9. The highest BCUT2D eigenvalue weighted by molar-refractivity contribution is 7.17. The standard InChI is InChI=1S/C19H16ClN3O2S/c1-23-15(11-14(22-23)16-7-4-10-25-16)17-8-9-18(26-17)19(24)21-13-6-3-2-5-12(13)20/h2-6,8-11,16H,7H2,1H3,(H,21,24). The Balaban J connectivity index is 1.54. The van der Waals surface area contributed by atoms with Gasteiger partial charge in [0.2, 0.25) is 0 Å². The topological polar surface area (TPSA) is 56.2 Å². The van der Waals surface area contributed by atoms with Crippen LogP contribution in [0.15, 0.2) is 54.8 Å². The van der Waals surface area contributed by atoms with Crippen LogP contribution in [-0.4, -0.2) is 15.7 Å². The van der Waals surface area contributed by atoms with Gasteiger partial charge in [-0.2, -0.15) is 5.10 Å².